The Morgan fingerprint density at radius 2 is 2.23 bits per heavy atom. The first-order chi connectivity index (χ1) is 6.11. The van der Waals surface area contributed by atoms with Gasteiger partial charge in [0, 0.05) is 13.7 Å². The first-order valence-electron chi connectivity index (χ1n) is 4.25. The first-order valence-corrected chi connectivity index (χ1v) is 4.25. The van der Waals surface area contributed by atoms with Gasteiger partial charge in [-0.2, -0.15) is 0 Å². The van der Waals surface area contributed by atoms with E-state index in [4.69, 9.17) is 14.9 Å². The largest absolute Gasteiger partial charge is 0.480 e. The number of carboxylic acid groups (broad SMARTS) is 1. The third kappa shape index (κ3) is 5.57. The monoisotopic (exact) mass is 191 g/mol. The van der Waals surface area contributed by atoms with Crippen LogP contribution in [-0.4, -0.2) is 48.6 Å². The lowest BCUT2D eigenvalue weighted by atomic mass is 10.2. The zero-order chi connectivity index (χ0) is 10.3. The fraction of sp³-hybridized carbons (Fsp3) is 0.875. The van der Waals surface area contributed by atoms with Crippen molar-refractivity contribution in [2.75, 3.05) is 20.3 Å². The van der Waals surface area contributed by atoms with E-state index in [2.05, 4.69) is 5.32 Å². The Morgan fingerprint density at radius 1 is 1.62 bits per heavy atom. The van der Waals surface area contributed by atoms with E-state index in [1.54, 1.807) is 0 Å². The number of methoxy groups -OCH3 is 1. The van der Waals surface area contributed by atoms with Crippen molar-refractivity contribution in [3.63, 3.8) is 0 Å². The van der Waals surface area contributed by atoms with Crippen LogP contribution in [-0.2, 0) is 9.53 Å². The van der Waals surface area contributed by atoms with Crippen molar-refractivity contribution < 1.29 is 19.7 Å². The predicted octanol–water partition coefficient (Wildman–Crippen LogP) is -0.553. The summed E-state index contributed by atoms with van der Waals surface area (Å²) in [6, 6.07) is -0.744. The highest BCUT2D eigenvalue weighted by Crippen LogP contribution is 1.90. The second-order valence-electron chi connectivity index (χ2n) is 2.82. The van der Waals surface area contributed by atoms with Crippen LogP contribution in [0.15, 0.2) is 0 Å². The Kier molecular flexibility index (Phi) is 6.48. The number of aliphatic hydroxyl groups is 1. The Balaban J connectivity index is 3.75. The van der Waals surface area contributed by atoms with Gasteiger partial charge in [0.2, 0.25) is 0 Å². The summed E-state index contributed by atoms with van der Waals surface area (Å²) < 4.78 is 4.71. The van der Waals surface area contributed by atoms with Crippen LogP contribution < -0.4 is 5.32 Å². The molecule has 0 radical (unpaired) electrons. The molecule has 3 N–H and O–H groups in total. The molecule has 0 amide bonds. The van der Waals surface area contributed by atoms with Gasteiger partial charge in [-0.1, -0.05) is 6.92 Å². The molecule has 0 aliphatic rings. The number of rotatable bonds is 7. The van der Waals surface area contributed by atoms with Crippen molar-refractivity contribution in [2.24, 2.45) is 0 Å². The number of ether oxygens (including phenoxy) is 1. The number of aliphatic carboxylic acids is 1. The van der Waals surface area contributed by atoms with Gasteiger partial charge < -0.3 is 14.9 Å². The van der Waals surface area contributed by atoms with E-state index in [0.29, 0.717) is 6.42 Å². The second kappa shape index (κ2) is 6.82. The standard InChI is InChI=1S/C8H17NO4/c1-3-6(10)4-9-7(5-13-2)8(11)12/h6-7,9-10H,3-5H2,1-2H3,(H,11,12). The van der Waals surface area contributed by atoms with Crippen molar-refractivity contribution in [1.82, 2.24) is 5.32 Å². The third-order valence-electron chi connectivity index (χ3n) is 1.70. The molecule has 0 aromatic rings. The van der Waals surface area contributed by atoms with E-state index < -0.39 is 18.1 Å². The minimum atomic E-state index is -0.967. The normalized spacial score (nSPS) is 15.3. The molecule has 0 aromatic heterocycles. The molecule has 0 aliphatic heterocycles. The molecule has 0 bridgehead atoms. The zero-order valence-electron chi connectivity index (χ0n) is 7.99. The molecule has 5 heteroatoms. The summed E-state index contributed by atoms with van der Waals surface area (Å²) in [6.45, 7) is 2.21. The van der Waals surface area contributed by atoms with Crippen LogP contribution >= 0.6 is 0 Å². The topological polar surface area (TPSA) is 78.8 Å². The summed E-state index contributed by atoms with van der Waals surface area (Å²) in [5.41, 5.74) is 0. The van der Waals surface area contributed by atoms with Crippen molar-refractivity contribution >= 4 is 5.97 Å². The van der Waals surface area contributed by atoms with Crippen molar-refractivity contribution in [1.29, 1.82) is 0 Å². The van der Waals surface area contributed by atoms with Gasteiger partial charge in [-0.3, -0.25) is 10.1 Å². The Hall–Kier alpha value is -0.650. The maximum atomic E-state index is 10.6. The summed E-state index contributed by atoms with van der Waals surface area (Å²) in [5, 5.41) is 20.5. The molecule has 13 heavy (non-hydrogen) atoms. The number of aliphatic hydroxyl groups excluding tert-OH is 1. The molecular formula is C8H17NO4. The van der Waals surface area contributed by atoms with Crippen LogP contribution in [0.2, 0.25) is 0 Å². The number of carboxylic acids is 1. The molecule has 0 saturated carbocycles. The fourth-order valence-corrected chi connectivity index (χ4v) is 0.807. The van der Waals surface area contributed by atoms with Gasteiger partial charge in [0.1, 0.15) is 6.04 Å². The molecule has 0 heterocycles. The lowest BCUT2D eigenvalue weighted by Gasteiger charge is -2.15. The average molecular weight is 191 g/mol. The van der Waals surface area contributed by atoms with Crippen molar-refractivity contribution in [3.05, 3.63) is 0 Å². The maximum absolute atomic E-state index is 10.6. The quantitative estimate of drug-likeness (QED) is 0.503. The summed E-state index contributed by atoms with van der Waals surface area (Å²) in [6.07, 6.45) is 0.102. The molecule has 0 spiro atoms. The van der Waals surface area contributed by atoms with Gasteiger partial charge in [0.25, 0.3) is 0 Å². The van der Waals surface area contributed by atoms with E-state index in [-0.39, 0.29) is 13.2 Å². The van der Waals surface area contributed by atoms with Crippen molar-refractivity contribution in [3.8, 4) is 0 Å². The summed E-state index contributed by atoms with van der Waals surface area (Å²) >= 11 is 0. The van der Waals surface area contributed by atoms with Crippen LogP contribution in [0.5, 0.6) is 0 Å². The van der Waals surface area contributed by atoms with Gasteiger partial charge in [0.15, 0.2) is 0 Å². The Labute approximate surface area is 77.7 Å². The van der Waals surface area contributed by atoms with Gasteiger partial charge >= 0.3 is 5.97 Å². The summed E-state index contributed by atoms with van der Waals surface area (Å²) in [7, 11) is 1.44. The molecule has 0 aromatic carbocycles. The molecule has 5 nitrogen and oxygen atoms in total. The number of carbonyl (C=O) groups is 1. The van der Waals surface area contributed by atoms with Crippen LogP contribution in [0.25, 0.3) is 0 Å². The van der Waals surface area contributed by atoms with Gasteiger partial charge in [-0.15, -0.1) is 0 Å². The molecule has 2 unspecified atom stereocenters. The highest BCUT2D eigenvalue weighted by Gasteiger charge is 2.16. The lowest BCUT2D eigenvalue weighted by molar-refractivity contribution is -0.140. The van der Waals surface area contributed by atoms with E-state index in [9.17, 15) is 4.79 Å². The van der Waals surface area contributed by atoms with Crippen molar-refractivity contribution in [2.45, 2.75) is 25.5 Å². The molecule has 78 valence electrons. The third-order valence-corrected chi connectivity index (χ3v) is 1.70. The van der Waals surface area contributed by atoms with Gasteiger partial charge in [-0.25, -0.2) is 0 Å². The van der Waals surface area contributed by atoms with Crippen LogP contribution in [0.4, 0.5) is 0 Å². The maximum Gasteiger partial charge on any atom is 0.323 e. The Morgan fingerprint density at radius 3 is 2.62 bits per heavy atom. The van der Waals surface area contributed by atoms with Crippen LogP contribution in [0, 0.1) is 0 Å². The molecule has 0 fully saturated rings. The number of nitrogens with one attached hydrogen (secondary N) is 1. The average Bonchev–Trinajstić information content (AvgIpc) is 2.11. The summed E-state index contributed by atoms with van der Waals surface area (Å²) in [4.78, 5) is 10.6. The zero-order valence-corrected chi connectivity index (χ0v) is 7.99. The van der Waals surface area contributed by atoms with E-state index in [1.807, 2.05) is 6.92 Å². The van der Waals surface area contributed by atoms with E-state index in [1.165, 1.54) is 7.11 Å². The fourth-order valence-electron chi connectivity index (χ4n) is 0.807. The minimum Gasteiger partial charge on any atom is -0.480 e. The van der Waals surface area contributed by atoms with Gasteiger partial charge in [0.05, 0.1) is 12.7 Å². The first kappa shape index (κ1) is 12.3. The second-order valence-corrected chi connectivity index (χ2v) is 2.82. The van der Waals surface area contributed by atoms with Gasteiger partial charge in [-0.05, 0) is 6.42 Å². The molecule has 0 rings (SSSR count). The molecule has 2 atom stereocenters. The van der Waals surface area contributed by atoms with E-state index in [0.717, 1.165) is 0 Å². The van der Waals surface area contributed by atoms with Crippen LogP contribution in [0.1, 0.15) is 13.3 Å². The molecule has 0 saturated heterocycles. The highest BCUT2D eigenvalue weighted by atomic mass is 16.5. The minimum absolute atomic E-state index is 0.103. The smallest absolute Gasteiger partial charge is 0.323 e. The SMILES string of the molecule is CCC(O)CNC(COC)C(=O)O. The number of hydrogen-bond acceptors (Lipinski definition) is 4. The van der Waals surface area contributed by atoms with E-state index >= 15 is 0 Å². The molecule has 0 aliphatic carbocycles. The Bertz CT molecular complexity index is 151. The highest BCUT2D eigenvalue weighted by molar-refractivity contribution is 5.73. The number of hydrogen-bond donors (Lipinski definition) is 3. The molecular weight excluding hydrogens is 174 g/mol. The lowest BCUT2D eigenvalue weighted by Crippen LogP contribution is -2.43. The predicted molar refractivity (Wildman–Crippen MR) is 47.6 cm³/mol. The summed E-state index contributed by atoms with van der Waals surface area (Å²) in [5.74, 6) is -0.967. The van der Waals surface area contributed by atoms with Crippen LogP contribution in [0.3, 0.4) is 0 Å².